The number of hydrogen-bond acceptors (Lipinski definition) is 5. The first-order chi connectivity index (χ1) is 14.0. The number of rotatable bonds is 4. The van der Waals surface area contributed by atoms with Crippen molar-refractivity contribution in [3.8, 4) is 0 Å². The summed E-state index contributed by atoms with van der Waals surface area (Å²) in [6.45, 7) is 1.88. The van der Waals surface area contributed by atoms with Crippen LogP contribution in [0.4, 0.5) is 19.0 Å². The van der Waals surface area contributed by atoms with Gasteiger partial charge in [0.25, 0.3) is 5.91 Å². The van der Waals surface area contributed by atoms with Gasteiger partial charge in [0.05, 0.1) is 11.3 Å². The summed E-state index contributed by atoms with van der Waals surface area (Å²) in [4.78, 5) is 20.3. The number of aromatic nitrogens is 1. The average molecular weight is 441 g/mol. The fourth-order valence-electron chi connectivity index (χ4n) is 3.37. The smallest absolute Gasteiger partial charge is 0.355 e. The second kappa shape index (κ2) is 8.63. The molecule has 0 aliphatic carbocycles. The predicted molar refractivity (Wildman–Crippen MR) is 107 cm³/mol. The SMILES string of the molecule is CS(=O)(=O)Cc1cccc(C(=O)N2CCCN(c3ccc(C(F)(F)F)cn3)CC2)c1. The third kappa shape index (κ3) is 5.71. The van der Waals surface area contributed by atoms with Gasteiger partial charge in [0.2, 0.25) is 0 Å². The third-order valence-corrected chi connectivity index (χ3v) is 5.64. The molecule has 1 saturated heterocycles. The summed E-state index contributed by atoms with van der Waals surface area (Å²) in [6, 6.07) is 8.90. The van der Waals surface area contributed by atoms with Gasteiger partial charge in [-0.2, -0.15) is 13.2 Å². The van der Waals surface area contributed by atoms with Gasteiger partial charge in [-0.3, -0.25) is 4.79 Å². The van der Waals surface area contributed by atoms with Gasteiger partial charge >= 0.3 is 6.18 Å². The van der Waals surface area contributed by atoms with E-state index in [2.05, 4.69) is 4.98 Å². The van der Waals surface area contributed by atoms with Crippen LogP contribution in [0.15, 0.2) is 42.6 Å². The highest BCUT2D eigenvalue weighted by atomic mass is 32.2. The maximum atomic E-state index is 12.9. The largest absolute Gasteiger partial charge is 0.417 e. The molecule has 1 aliphatic rings. The van der Waals surface area contributed by atoms with Gasteiger partial charge in [0, 0.05) is 44.2 Å². The van der Waals surface area contributed by atoms with E-state index in [0.717, 1.165) is 18.5 Å². The molecule has 10 heteroatoms. The number of pyridine rings is 1. The van der Waals surface area contributed by atoms with Crippen molar-refractivity contribution < 1.29 is 26.4 Å². The standard InChI is InChI=1S/C20H22F3N3O3S/c1-30(28,29)14-15-4-2-5-16(12-15)19(27)26-9-3-8-25(10-11-26)18-7-6-17(13-24-18)20(21,22)23/h2,4-7,12-13H,3,8-11,14H2,1H3. The van der Waals surface area contributed by atoms with Gasteiger partial charge < -0.3 is 9.80 Å². The number of benzene rings is 1. The number of carbonyl (C=O) groups excluding carboxylic acids is 1. The fraction of sp³-hybridized carbons (Fsp3) is 0.400. The highest BCUT2D eigenvalue weighted by Gasteiger charge is 2.31. The Kier molecular flexibility index (Phi) is 6.35. The molecule has 162 valence electrons. The predicted octanol–water partition coefficient (Wildman–Crippen LogP) is 3.00. The molecular formula is C20H22F3N3O3S. The monoisotopic (exact) mass is 441 g/mol. The maximum absolute atomic E-state index is 12.9. The molecule has 2 heterocycles. The molecule has 1 aromatic carbocycles. The Balaban J connectivity index is 1.68. The van der Waals surface area contributed by atoms with Crippen LogP contribution < -0.4 is 4.90 Å². The normalized spacial score (nSPS) is 15.7. The van der Waals surface area contributed by atoms with E-state index in [1.54, 1.807) is 29.2 Å². The van der Waals surface area contributed by atoms with E-state index in [-0.39, 0.29) is 11.7 Å². The van der Waals surface area contributed by atoms with Crippen molar-refractivity contribution in [2.75, 3.05) is 37.3 Å². The molecule has 3 rings (SSSR count). The van der Waals surface area contributed by atoms with Crippen LogP contribution in [0.3, 0.4) is 0 Å². The molecule has 0 N–H and O–H groups in total. The van der Waals surface area contributed by atoms with E-state index >= 15 is 0 Å². The lowest BCUT2D eigenvalue weighted by atomic mass is 10.1. The maximum Gasteiger partial charge on any atom is 0.417 e. The average Bonchev–Trinajstić information content (AvgIpc) is 2.92. The lowest BCUT2D eigenvalue weighted by molar-refractivity contribution is -0.137. The summed E-state index contributed by atoms with van der Waals surface area (Å²) < 4.78 is 61.2. The first kappa shape index (κ1) is 22.1. The number of nitrogens with zero attached hydrogens (tertiary/aromatic N) is 3. The van der Waals surface area contributed by atoms with Crippen LogP contribution in [0.25, 0.3) is 0 Å². The molecule has 1 fully saturated rings. The first-order valence-corrected chi connectivity index (χ1v) is 11.4. The molecular weight excluding hydrogens is 419 g/mol. The van der Waals surface area contributed by atoms with Crippen LogP contribution in [-0.4, -0.2) is 56.6 Å². The number of hydrogen-bond donors (Lipinski definition) is 0. The Morgan fingerprint density at radius 2 is 1.87 bits per heavy atom. The van der Waals surface area contributed by atoms with Gasteiger partial charge in [-0.05, 0) is 36.2 Å². The number of alkyl halides is 3. The van der Waals surface area contributed by atoms with Crippen LogP contribution in [0.5, 0.6) is 0 Å². The minimum absolute atomic E-state index is 0.137. The molecule has 0 bridgehead atoms. The van der Waals surface area contributed by atoms with Crippen molar-refractivity contribution in [3.05, 3.63) is 59.3 Å². The number of carbonyl (C=O) groups is 1. The number of sulfone groups is 1. The Bertz CT molecular complexity index is 1010. The Morgan fingerprint density at radius 3 is 2.50 bits per heavy atom. The molecule has 1 aromatic heterocycles. The Hall–Kier alpha value is -2.62. The van der Waals surface area contributed by atoms with Crippen LogP contribution >= 0.6 is 0 Å². The molecule has 1 amide bonds. The number of amides is 1. The second-order valence-corrected chi connectivity index (χ2v) is 9.45. The molecule has 30 heavy (non-hydrogen) atoms. The van der Waals surface area contributed by atoms with Gasteiger partial charge in [-0.25, -0.2) is 13.4 Å². The van der Waals surface area contributed by atoms with E-state index < -0.39 is 21.6 Å². The summed E-state index contributed by atoms with van der Waals surface area (Å²) in [5, 5.41) is 0. The Morgan fingerprint density at radius 1 is 1.10 bits per heavy atom. The molecule has 2 aromatic rings. The quantitative estimate of drug-likeness (QED) is 0.730. The summed E-state index contributed by atoms with van der Waals surface area (Å²) in [6.07, 6.45) is -1.84. The summed E-state index contributed by atoms with van der Waals surface area (Å²) in [5.74, 6) is 0.0987. The molecule has 0 atom stereocenters. The highest BCUT2D eigenvalue weighted by molar-refractivity contribution is 7.89. The van der Waals surface area contributed by atoms with E-state index in [9.17, 15) is 26.4 Å². The van der Waals surface area contributed by atoms with Gasteiger partial charge in [0.1, 0.15) is 5.82 Å². The molecule has 0 spiro atoms. The summed E-state index contributed by atoms with van der Waals surface area (Å²) in [7, 11) is -3.21. The van der Waals surface area contributed by atoms with Crippen LogP contribution in [0.1, 0.15) is 27.9 Å². The zero-order valence-corrected chi connectivity index (χ0v) is 17.2. The van der Waals surface area contributed by atoms with Crippen molar-refractivity contribution in [2.45, 2.75) is 18.3 Å². The summed E-state index contributed by atoms with van der Waals surface area (Å²) >= 11 is 0. The topological polar surface area (TPSA) is 70.6 Å². The summed E-state index contributed by atoms with van der Waals surface area (Å²) in [5.41, 5.74) is 0.165. The minimum atomic E-state index is -4.43. The minimum Gasteiger partial charge on any atom is -0.355 e. The van der Waals surface area contributed by atoms with Gasteiger partial charge in [-0.1, -0.05) is 12.1 Å². The molecule has 6 nitrogen and oxygen atoms in total. The van der Waals surface area contributed by atoms with E-state index in [1.807, 2.05) is 4.90 Å². The van der Waals surface area contributed by atoms with Crippen molar-refractivity contribution in [2.24, 2.45) is 0 Å². The lowest BCUT2D eigenvalue weighted by Gasteiger charge is -2.23. The third-order valence-electron chi connectivity index (χ3n) is 4.79. The van der Waals surface area contributed by atoms with Crippen LogP contribution in [-0.2, 0) is 21.8 Å². The second-order valence-electron chi connectivity index (χ2n) is 7.31. The molecule has 0 saturated carbocycles. The van der Waals surface area contributed by atoms with Crippen molar-refractivity contribution >= 4 is 21.6 Å². The van der Waals surface area contributed by atoms with Gasteiger partial charge in [-0.15, -0.1) is 0 Å². The van der Waals surface area contributed by atoms with Crippen molar-refractivity contribution in [3.63, 3.8) is 0 Å². The number of halogens is 3. The number of anilines is 1. The zero-order chi connectivity index (χ0) is 21.9. The van der Waals surface area contributed by atoms with E-state index in [1.165, 1.54) is 6.07 Å². The highest BCUT2D eigenvalue weighted by Crippen LogP contribution is 2.29. The fourth-order valence-corrected chi connectivity index (χ4v) is 4.15. The lowest BCUT2D eigenvalue weighted by Crippen LogP contribution is -2.35. The van der Waals surface area contributed by atoms with Crippen molar-refractivity contribution in [1.29, 1.82) is 0 Å². The van der Waals surface area contributed by atoms with E-state index in [0.29, 0.717) is 49.5 Å². The van der Waals surface area contributed by atoms with Crippen LogP contribution in [0.2, 0.25) is 0 Å². The van der Waals surface area contributed by atoms with Gasteiger partial charge in [0.15, 0.2) is 9.84 Å². The first-order valence-electron chi connectivity index (χ1n) is 9.37. The molecule has 0 unspecified atom stereocenters. The van der Waals surface area contributed by atoms with Crippen LogP contribution in [0, 0.1) is 0 Å². The Labute approximate surface area is 173 Å². The molecule has 0 radical (unpaired) electrons. The molecule has 1 aliphatic heterocycles. The van der Waals surface area contributed by atoms with E-state index in [4.69, 9.17) is 0 Å². The van der Waals surface area contributed by atoms with Crippen molar-refractivity contribution in [1.82, 2.24) is 9.88 Å². The zero-order valence-electron chi connectivity index (χ0n) is 16.4.